The quantitative estimate of drug-likeness (QED) is 0.125. The number of likely N-dealkylation sites (tertiary alicyclic amines) is 1. The molecule has 3 atom stereocenters. The van der Waals surface area contributed by atoms with Crippen molar-refractivity contribution < 1.29 is 9.53 Å². The Morgan fingerprint density at radius 3 is 2.44 bits per heavy atom. The first-order valence-electron chi connectivity index (χ1n) is 17.0. The smallest absolute Gasteiger partial charge is 0.320 e. The molecule has 0 saturated carbocycles. The maximum absolute atomic E-state index is 13.5. The number of ether oxygens (including phenoxy) is 1. The largest absolute Gasteiger partial charge is 0.484 e. The molecule has 6 rings (SSSR count). The zero-order valence-electron chi connectivity index (χ0n) is 28.9. The summed E-state index contributed by atoms with van der Waals surface area (Å²) in [6.07, 6.45) is 4.91. The Kier molecular flexibility index (Phi) is 9.29. The van der Waals surface area contributed by atoms with Crippen LogP contribution in [0.4, 0.5) is 10.6 Å². The van der Waals surface area contributed by atoms with Gasteiger partial charge in [-0.2, -0.15) is 5.10 Å². The highest BCUT2D eigenvalue weighted by Gasteiger charge is 2.32. The lowest BCUT2D eigenvalue weighted by molar-refractivity contribution is 0.171. The number of carbonyl (C=O) groups excluding carboxylic acids is 1. The van der Waals surface area contributed by atoms with E-state index in [2.05, 4.69) is 56.2 Å². The first-order valence-corrected chi connectivity index (χ1v) is 17.0. The summed E-state index contributed by atoms with van der Waals surface area (Å²) < 4.78 is 10.0. The lowest BCUT2D eigenvalue weighted by atomic mass is 9.85. The second-order valence-electron chi connectivity index (χ2n) is 14.4. The van der Waals surface area contributed by atoms with Gasteiger partial charge in [0.2, 0.25) is 0 Å². The Morgan fingerprint density at radius 2 is 1.73 bits per heavy atom. The Morgan fingerprint density at radius 1 is 1.00 bits per heavy atom. The number of urea groups is 1. The maximum atomic E-state index is 13.5. The zero-order valence-corrected chi connectivity index (χ0v) is 28.9. The molecule has 252 valence electrons. The first kappa shape index (κ1) is 33.2. The molecule has 2 aromatic heterocycles. The van der Waals surface area contributed by atoms with Gasteiger partial charge in [0.1, 0.15) is 29.0 Å². The molecule has 0 radical (unpaired) electrons. The van der Waals surface area contributed by atoms with Crippen LogP contribution in [0.3, 0.4) is 0 Å². The van der Waals surface area contributed by atoms with Gasteiger partial charge in [-0.1, -0.05) is 62.7 Å². The van der Waals surface area contributed by atoms with E-state index in [0.29, 0.717) is 36.3 Å². The normalized spacial score (nSPS) is 19.6. The lowest BCUT2D eigenvalue weighted by Crippen LogP contribution is -2.45. The summed E-state index contributed by atoms with van der Waals surface area (Å²) in [6.45, 7) is 13.7. The summed E-state index contributed by atoms with van der Waals surface area (Å²) >= 11 is 0. The first-order chi connectivity index (χ1) is 22.9. The van der Waals surface area contributed by atoms with Crippen molar-refractivity contribution in [2.24, 2.45) is 0 Å². The minimum Gasteiger partial charge on any atom is -0.484 e. The third kappa shape index (κ3) is 6.94. The maximum Gasteiger partial charge on any atom is 0.320 e. The fraction of sp³-hybridized carbons (Fsp3) is 0.421. The molecular weight excluding hydrogens is 600 g/mol. The summed E-state index contributed by atoms with van der Waals surface area (Å²) in [7, 11) is 0. The van der Waals surface area contributed by atoms with E-state index in [1.807, 2.05) is 61.5 Å². The molecule has 2 amide bonds. The van der Waals surface area contributed by atoms with Crippen molar-refractivity contribution in [1.29, 1.82) is 10.8 Å². The standard InChI is InChI=1S/C38H48N8O2/c1-24(2)44-21-9-12-31(44)36(40)45-23-27(17-20-34(45)39)48-32-19-18-30(28-10-7-8-11-29(28)32)41-37(47)42-35-22-33(38(4,5)6)43-46(35)26-15-13-25(3)14-16-26/h7-8,10-11,13-17,20,22-24,30-32,39-40H,9,12,18-19,21H2,1-6H3,(H2,41,42,47)/t30-,31-,32+/m0/s1. The number of hydrogen-bond acceptors (Lipinski definition) is 6. The number of anilines is 1. The summed E-state index contributed by atoms with van der Waals surface area (Å²) in [4.78, 5) is 15.9. The van der Waals surface area contributed by atoms with Crippen LogP contribution in [0, 0.1) is 17.7 Å². The van der Waals surface area contributed by atoms with Crippen molar-refractivity contribution in [3.63, 3.8) is 0 Å². The van der Waals surface area contributed by atoms with Gasteiger partial charge in [0.25, 0.3) is 0 Å². The van der Waals surface area contributed by atoms with Gasteiger partial charge in [-0.15, -0.1) is 0 Å². The van der Waals surface area contributed by atoms with Crippen LogP contribution in [0.2, 0.25) is 0 Å². The molecule has 48 heavy (non-hydrogen) atoms. The van der Waals surface area contributed by atoms with E-state index in [1.54, 1.807) is 21.5 Å². The molecule has 1 aliphatic carbocycles. The number of aryl methyl sites for hydroxylation is 1. The van der Waals surface area contributed by atoms with Gasteiger partial charge < -0.3 is 10.1 Å². The molecule has 1 saturated heterocycles. The highest BCUT2D eigenvalue weighted by Crippen LogP contribution is 2.39. The Balaban J connectivity index is 1.18. The predicted molar refractivity (Wildman–Crippen MR) is 189 cm³/mol. The summed E-state index contributed by atoms with van der Waals surface area (Å²) in [5.41, 5.74) is 5.03. The third-order valence-electron chi connectivity index (χ3n) is 9.47. The van der Waals surface area contributed by atoms with Gasteiger partial charge >= 0.3 is 6.03 Å². The summed E-state index contributed by atoms with van der Waals surface area (Å²) in [6, 6.07) is 21.5. The van der Waals surface area contributed by atoms with Crippen LogP contribution in [0.25, 0.3) is 5.69 Å². The van der Waals surface area contributed by atoms with Crippen LogP contribution in [-0.4, -0.2) is 49.7 Å². The molecule has 0 unspecified atom stereocenters. The number of amides is 2. The van der Waals surface area contributed by atoms with Crippen LogP contribution in [-0.2, 0) is 5.41 Å². The van der Waals surface area contributed by atoms with E-state index < -0.39 is 0 Å². The average molecular weight is 649 g/mol. The van der Waals surface area contributed by atoms with Crippen molar-refractivity contribution >= 4 is 17.7 Å². The predicted octanol–water partition coefficient (Wildman–Crippen LogP) is 7.23. The average Bonchev–Trinajstić information content (AvgIpc) is 3.72. The number of hydrogen-bond donors (Lipinski definition) is 4. The zero-order chi connectivity index (χ0) is 34.2. The number of rotatable bonds is 7. The van der Waals surface area contributed by atoms with Gasteiger partial charge in [0.15, 0.2) is 0 Å². The molecule has 10 heteroatoms. The summed E-state index contributed by atoms with van der Waals surface area (Å²) in [5.74, 6) is 1.64. The van der Waals surface area contributed by atoms with Crippen LogP contribution in [0.5, 0.6) is 5.75 Å². The fourth-order valence-corrected chi connectivity index (χ4v) is 6.83. The number of nitrogens with zero attached hydrogens (tertiary/aromatic N) is 4. The fourth-order valence-electron chi connectivity index (χ4n) is 6.83. The van der Waals surface area contributed by atoms with E-state index >= 15 is 0 Å². The van der Waals surface area contributed by atoms with Gasteiger partial charge in [0.05, 0.1) is 29.7 Å². The van der Waals surface area contributed by atoms with Gasteiger partial charge in [-0.05, 0) is 88.4 Å². The van der Waals surface area contributed by atoms with Crippen molar-refractivity contribution in [3.05, 3.63) is 101 Å². The van der Waals surface area contributed by atoms with E-state index in [4.69, 9.17) is 20.7 Å². The highest BCUT2D eigenvalue weighted by atomic mass is 16.5. The van der Waals surface area contributed by atoms with Crippen LogP contribution >= 0.6 is 0 Å². The van der Waals surface area contributed by atoms with Crippen LogP contribution < -0.4 is 20.9 Å². The second kappa shape index (κ2) is 13.4. The molecular formula is C38H48N8O2. The van der Waals surface area contributed by atoms with Crippen LogP contribution in [0.15, 0.2) is 72.9 Å². The molecule has 1 aliphatic heterocycles. The van der Waals surface area contributed by atoms with E-state index in [-0.39, 0.29) is 35.1 Å². The molecule has 4 N–H and O–H groups in total. The van der Waals surface area contributed by atoms with E-state index in [1.165, 1.54) is 0 Å². The number of nitrogens with one attached hydrogen (secondary N) is 4. The molecule has 10 nitrogen and oxygen atoms in total. The molecule has 3 heterocycles. The highest BCUT2D eigenvalue weighted by molar-refractivity contribution is 5.89. The number of fused-ring (bicyclic) bond motifs is 1. The number of pyridine rings is 1. The molecule has 2 aliphatic rings. The lowest BCUT2D eigenvalue weighted by Gasteiger charge is -2.32. The molecule has 1 fully saturated rings. The molecule has 4 aromatic rings. The van der Waals surface area contributed by atoms with Crippen molar-refractivity contribution in [2.75, 3.05) is 11.9 Å². The van der Waals surface area contributed by atoms with Crippen molar-refractivity contribution in [2.45, 2.75) is 96.9 Å². The second-order valence-corrected chi connectivity index (χ2v) is 14.4. The topological polar surface area (TPSA) is 124 Å². The van der Waals surface area contributed by atoms with Crippen molar-refractivity contribution in [1.82, 2.24) is 24.6 Å². The Labute approximate surface area is 283 Å². The molecule has 2 aromatic carbocycles. The molecule has 0 bridgehead atoms. The minimum atomic E-state index is -0.296. The van der Waals surface area contributed by atoms with Gasteiger partial charge in [-0.25, -0.2) is 9.48 Å². The van der Waals surface area contributed by atoms with E-state index in [9.17, 15) is 4.79 Å². The SMILES string of the molecule is Cc1ccc(-n2nc(C(C)(C)C)cc2NC(=O)N[C@H]2CC[C@@H](Oc3ccc(=N)n(C(=N)[C@@H]4CCCN4C(C)C)c3)c3ccccc32)cc1. The number of benzene rings is 2. The summed E-state index contributed by atoms with van der Waals surface area (Å²) in [5, 5.41) is 28.7. The van der Waals surface area contributed by atoms with Gasteiger partial charge in [0, 0.05) is 17.5 Å². The van der Waals surface area contributed by atoms with Crippen LogP contribution in [0.1, 0.15) is 94.8 Å². The number of carbonyl (C=O) groups is 1. The van der Waals surface area contributed by atoms with E-state index in [0.717, 1.165) is 47.5 Å². The Hall–Kier alpha value is -4.70. The van der Waals surface area contributed by atoms with Gasteiger partial charge in [-0.3, -0.25) is 25.6 Å². The molecule has 0 spiro atoms. The van der Waals surface area contributed by atoms with Crippen molar-refractivity contribution in [3.8, 4) is 11.4 Å². The Bertz CT molecular complexity index is 1850. The third-order valence-corrected chi connectivity index (χ3v) is 9.47. The minimum absolute atomic E-state index is 0.0154. The number of aromatic nitrogens is 3. The monoisotopic (exact) mass is 648 g/mol.